The maximum Gasteiger partial charge on any atom is 0.245 e. The van der Waals surface area contributed by atoms with Crippen molar-refractivity contribution in [1.82, 2.24) is 0 Å². The van der Waals surface area contributed by atoms with E-state index in [9.17, 15) is 56.2 Å². The minimum absolute atomic E-state index is 0.0844. The van der Waals surface area contributed by atoms with Gasteiger partial charge in [0, 0.05) is 12.3 Å². The average molecular weight is 1030 g/mol. The van der Waals surface area contributed by atoms with Crippen molar-refractivity contribution >= 4 is 0 Å². The lowest BCUT2D eigenvalue weighted by molar-refractivity contribution is -0.426. The zero-order chi connectivity index (χ0) is 51.7. The molecule has 10 aliphatic rings. The van der Waals surface area contributed by atoms with Crippen LogP contribution in [0.4, 0.5) is 0 Å². The Kier molecular flexibility index (Phi) is 15.1. The summed E-state index contributed by atoms with van der Waals surface area (Å²) in [6.45, 7) is 13.8. The maximum atomic E-state index is 12.3. The van der Waals surface area contributed by atoms with E-state index in [-0.39, 0.29) is 16.9 Å². The van der Waals surface area contributed by atoms with E-state index in [1.54, 1.807) is 0 Å². The molecule has 10 rings (SSSR count). The number of aliphatic hydroxyl groups excluding tert-OH is 9. The Morgan fingerprint density at radius 1 is 0.639 bits per heavy atom. The van der Waals surface area contributed by atoms with E-state index in [0.29, 0.717) is 48.3 Å². The molecule has 0 radical (unpaired) electrons. The lowest BCUT2D eigenvalue weighted by Crippen LogP contribution is -2.69. The molecule has 72 heavy (non-hydrogen) atoms. The molecule has 0 aromatic carbocycles. The maximum absolute atomic E-state index is 12.3. The molecule has 0 aromatic heterocycles. The number of aliphatic hydroxyl groups is 11. The van der Waals surface area contributed by atoms with Gasteiger partial charge in [0.05, 0.1) is 43.7 Å². The third-order valence-corrected chi connectivity index (χ3v) is 19.8. The molecule has 9 fully saturated rings. The minimum Gasteiger partial charge on any atom is -0.394 e. The lowest BCUT2D eigenvalue weighted by Gasteiger charge is -2.59. The van der Waals surface area contributed by atoms with Gasteiger partial charge in [-0.05, 0) is 113 Å². The van der Waals surface area contributed by atoms with Crippen molar-refractivity contribution in [3.8, 4) is 0 Å². The van der Waals surface area contributed by atoms with Gasteiger partial charge in [0.25, 0.3) is 0 Å². The van der Waals surface area contributed by atoms with Crippen LogP contribution in [-0.4, -0.2) is 210 Å². The van der Waals surface area contributed by atoms with Crippen molar-refractivity contribution in [2.45, 2.75) is 247 Å². The summed E-state index contributed by atoms with van der Waals surface area (Å²) in [6, 6.07) is 0. The molecular formula is C51H82O21. The fourth-order valence-electron chi connectivity index (χ4n) is 15.5. The number of rotatable bonds is 9. The van der Waals surface area contributed by atoms with E-state index in [1.807, 2.05) is 0 Å². The number of hydrogen-bond acceptors (Lipinski definition) is 21. The highest BCUT2D eigenvalue weighted by Gasteiger charge is 2.69. The Morgan fingerprint density at radius 3 is 2.01 bits per heavy atom. The molecule has 6 heterocycles. The molecule has 30 unspecified atom stereocenters. The van der Waals surface area contributed by atoms with Gasteiger partial charge in [0.1, 0.15) is 73.2 Å². The monoisotopic (exact) mass is 1030 g/mol. The van der Waals surface area contributed by atoms with Crippen molar-refractivity contribution in [3.63, 3.8) is 0 Å². The first-order valence-electron chi connectivity index (χ1n) is 26.7. The van der Waals surface area contributed by atoms with Gasteiger partial charge in [-0.3, -0.25) is 0 Å². The Hall–Kier alpha value is -1.10. The molecular weight excluding hydrogens is 949 g/mol. The first-order valence-corrected chi connectivity index (χ1v) is 26.7. The first-order chi connectivity index (χ1) is 33.9. The molecule has 0 amide bonds. The summed E-state index contributed by atoms with van der Waals surface area (Å²) in [4.78, 5) is 0. The Labute approximate surface area is 420 Å². The zero-order valence-corrected chi connectivity index (χ0v) is 42.4. The number of allylic oxidation sites excluding steroid dienone is 1. The summed E-state index contributed by atoms with van der Waals surface area (Å²) >= 11 is 0. The smallest absolute Gasteiger partial charge is 0.245 e. The molecule has 4 aliphatic carbocycles. The van der Waals surface area contributed by atoms with Crippen LogP contribution in [-0.2, 0) is 47.4 Å². The van der Waals surface area contributed by atoms with Gasteiger partial charge in [-0.25, -0.2) is 0 Å². The van der Waals surface area contributed by atoms with E-state index in [0.717, 1.165) is 51.6 Å². The van der Waals surface area contributed by atoms with Crippen LogP contribution >= 0.6 is 0 Å². The summed E-state index contributed by atoms with van der Waals surface area (Å²) in [7, 11) is 0. The molecule has 21 heteroatoms. The molecule has 1 spiro atoms. The van der Waals surface area contributed by atoms with Crippen LogP contribution in [0.25, 0.3) is 0 Å². The largest absolute Gasteiger partial charge is 0.394 e. The standard InChI is InChI=1S/C51H82O21/c1-20-10-15-50(63-19-20)21(2)32-30(72-50)17-29-27-9-8-25-16-26(11-13-48(25,6)28(27)12-14-49(29,32)7)67-46-42(39(59)41(31(18-52)68-46)69-44-37(57)35(55)33(53)22(3)64-44)70-45-38(58)36(56)40(24(5)65-45)71-47-51(61,62)43(60)34(54)23(4)66-47/h8,20-24,26-47,52-62H,9-19H2,1-7H3. The molecule has 0 bridgehead atoms. The summed E-state index contributed by atoms with van der Waals surface area (Å²) < 4.78 is 61.9. The average Bonchev–Trinajstić information content (AvgIpc) is 3.79. The Balaban J connectivity index is 0.858. The fourth-order valence-corrected chi connectivity index (χ4v) is 15.5. The van der Waals surface area contributed by atoms with Crippen molar-refractivity contribution in [2.75, 3.05) is 13.2 Å². The van der Waals surface area contributed by atoms with E-state index in [2.05, 4.69) is 33.8 Å². The number of fused-ring (bicyclic) bond motifs is 7. The van der Waals surface area contributed by atoms with Gasteiger partial charge in [0.15, 0.2) is 24.7 Å². The second kappa shape index (κ2) is 20.0. The highest BCUT2D eigenvalue weighted by atomic mass is 16.8. The summed E-state index contributed by atoms with van der Waals surface area (Å²) in [5.41, 5.74) is 1.37. The SMILES string of the molecule is CC1CCC2(OC1)OC1CC3C4CC=C5CC(OC6OC(CO)C(OC7OC(C)C(O)C(O)C7O)C(O)C6OC6OC(C)C(OC7OC(C)C(O)C(O)C7(O)O)C(O)C6O)CCC5(C)C4CCC3(C)C1C2C. The molecule has 21 nitrogen and oxygen atoms in total. The van der Waals surface area contributed by atoms with E-state index >= 15 is 0 Å². The minimum atomic E-state index is -3.13. The van der Waals surface area contributed by atoms with E-state index in [4.69, 9.17) is 47.4 Å². The first kappa shape index (κ1) is 54.3. The highest BCUT2D eigenvalue weighted by Crippen LogP contribution is 2.71. The van der Waals surface area contributed by atoms with Gasteiger partial charge in [-0.2, -0.15) is 0 Å². The molecule has 6 aliphatic heterocycles. The van der Waals surface area contributed by atoms with Gasteiger partial charge >= 0.3 is 0 Å². The van der Waals surface area contributed by atoms with E-state index in [1.165, 1.54) is 26.3 Å². The van der Waals surface area contributed by atoms with Crippen LogP contribution in [0.5, 0.6) is 0 Å². The van der Waals surface area contributed by atoms with Crippen molar-refractivity contribution in [1.29, 1.82) is 0 Å². The Bertz CT molecular complexity index is 1940. The molecule has 6 saturated heterocycles. The van der Waals surface area contributed by atoms with E-state index < -0.39 is 141 Å². The van der Waals surface area contributed by atoms with Crippen LogP contribution in [0.2, 0.25) is 0 Å². The quantitative estimate of drug-likeness (QED) is 0.102. The van der Waals surface area contributed by atoms with Gasteiger partial charge in [0.2, 0.25) is 12.1 Å². The lowest BCUT2D eigenvalue weighted by atomic mass is 9.47. The third kappa shape index (κ3) is 8.90. The molecule has 11 N–H and O–H groups in total. The Morgan fingerprint density at radius 2 is 1.32 bits per heavy atom. The number of hydrogen-bond donors (Lipinski definition) is 11. The van der Waals surface area contributed by atoms with Gasteiger partial charge in [-0.1, -0.05) is 39.3 Å². The van der Waals surface area contributed by atoms with Gasteiger partial charge < -0.3 is 104 Å². The van der Waals surface area contributed by atoms with Crippen LogP contribution in [0.15, 0.2) is 11.6 Å². The molecule has 412 valence electrons. The van der Waals surface area contributed by atoms with Crippen molar-refractivity contribution in [3.05, 3.63) is 11.6 Å². The highest BCUT2D eigenvalue weighted by molar-refractivity contribution is 5.26. The molecule has 3 saturated carbocycles. The van der Waals surface area contributed by atoms with Crippen LogP contribution in [0, 0.1) is 46.3 Å². The van der Waals surface area contributed by atoms with Crippen LogP contribution in [0.3, 0.4) is 0 Å². The predicted octanol–water partition coefficient (Wildman–Crippen LogP) is -0.586. The zero-order valence-electron chi connectivity index (χ0n) is 42.4. The second-order valence-corrected chi connectivity index (χ2v) is 24.1. The topological polar surface area (TPSA) is 315 Å². The van der Waals surface area contributed by atoms with Gasteiger partial charge in [-0.15, -0.1) is 0 Å². The van der Waals surface area contributed by atoms with Crippen molar-refractivity contribution < 1.29 is 104 Å². The number of ether oxygens (including phenoxy) is 10. The third-order valence-electron chi connectivity index (χ3n) is 19.8. The van der Waals surface area contributed by atoms with Crippen molar-refractivity contribution in [2.24, 2.45) is 46.3 Å². The van der Waals surface area contributed by atoms with Crippen LogP contribution in [0.1, 0.15) is 106 Å². The molecule has 0 aromatic rings. The summed E-state index contributed by atoms with van der Waals surface area (Å²) in [5.74, 6) is -0.774. The predicted molar refractivity (Wildman–Crippen MR) is 245 cm³/mol. The van der Waals surface area contributed by atoms with Crippen LogP contribution < -0.4 is 0 Å². The summed E-state index contributed by atoms with van der Waals surface area (Å²) in [6.07, 6.45) is -19.9. The summed E-state index contributed by atoms with van der Waals surface area (Å²) in [5, 5.41) is 120. The fraction of sp³-hybridized carbons (Fsp3) is 0.961. The molecule has 30 atom stereocenters. The normalized spacial score (nSPS) is 57.5. The second-order valence-electron chi connectivity index (χ2n) is 24.1.